The van der Waals surface area contributed by atoms with Gasteiger partial charge in [0.15, 0.2) is 5.60 Å². The molecule has 4 aromatic rings. The molecule has 1 atom stereocenters. The molecule has 0 aliphatic heterocycles. The lowest BCUT2D eigenvalue weighted by Crippen LogP contribution is -2.33. The van der Waals surface area contributed by atoms with Crippen molar-refractivity contribution in [3.63, 3.8) is 0 Å². The predicted octanol–water partition coefficient (Wildman–Crippen LogP) is 4.76. The van der Waals surface area contributed by atoms with Gasteiger partial charge < -0.3 is 20.7 Å². The van der Waals surface area contributed by atoms with Crippen LogP contribution in [0, 0.1) is 0 Å². The number of phenolic OH excluding ortho intramolecular Hbond substituents is 2. The molecule has 1 unspecified atom stereocenters. The molecule has 1 amide bonds. The monoisotopic (exact) mass is 373 g/mol. The van der Waals surface area contributed by atoms with Crippen LogP contribution in [0.4, 0.5) is 4.79 Å². The number of amides is 1. The number of carbonyl (C=O) groups is 1. The van der Waals surface area contributed by atoms with Crippen molar-refractivity contribution in [1.82, 2.24) is 0 Å². The van der Waals surface area contributed by atoms with Crippen molar-refractivity contribution in [2.24, 2.45) is 5.73 Å². The molecule has 0 radical (unpaired) electrons. The van der Waals surface area contributed by atoms with Crippen LogP contribution in [0.3, 0.4) is 0 Å². The number of benzene rings is 4. The Morgan fingerprint density at radius 1 is 0.857 bits per heavy atom. The maximum atomic E-state index is 11.9. The highest BCUT2D eigenvalue weighted by molar-refractivity contribution is 5.95. The summed E-state index contributed by atoms with van der Waals surface area (Å²) in [5.41, 5.74) is 5.08. The molecule has 0 aliphatic rings. The van der Waals surface area contributed by atoms with Gasteiger partial charge in [0, 0.05) is 22.6 Å². The summed E-state index contributed by atoms with van der Waals surface area (Å²) in [4.78, 5) is 11.9. The van der Waals surface area contributed by atoms with E-state index in [1.165, 1.54) is 6.07 Å². The van der Waals surface area contributed by atoms with Crippen LogP contribution in [-0.2, 0) is 10.3 Å². The third-order valence-corrected chi connectivity index (χ3v) is 5.09. The topological polar surface area (TPSA) is 92.8 Å². The van der Waals surface area contributed by atoms with Crippen molar-refractivity contribution in [3.05, 3.63) is 83.9 Å². The van der Waals surface area contributed by atoms with Gasteiger partial charge in [-0.2, -0.15) is 0 Å². The molecule has 5 heteroatoms. The lowest BCUT2D eigenvalue weighted by Gasteiger charge is -2.32. The maximum Gasteiger partial charge on any atom is 0.405 e. The first-order valence-electron chi connectivity index (χ1n) is 8.82. The molecule has 28 heavy (non-hydrogen) atoms. The van der Waals surface area contributed by atoms with Crippen molar-refractivity contribution >= 4 is 27.6 Å². The van der Waals surface area contributed by atoms with Crippen molar-refractivity contribution in [1.29, 1.82) is 0 Å². The van der Waals surface area contributed by atoms with Crippen LogP contribution in [0.25, 0.3) is 21.5 Å². The van der Waals surface area contributed by atoms with Crippen molar-refractivity contribution in [2.75, 3.05) is 0 Å². The van der Waals surface area contributed by atoms with E-state index in [1.54, 1.807) is 31.2 Å². The zero-order valence-corrected chi connectivity index (χ0v) is 15.2. The minimum atomic E-state index is -1.38. The van der Waals surface area contributed by atoms with E-state index >= 15 is 0 Å². The van der Waals surface area contributed by atoms with E-state index in [4.69, 9.17) is 10.5 Å². The molecule has 5 nitrogen and oxygen atoms in total. The smallest absolute Gasteiger partial charge is 0.405 e. The van der Waals surface area contributed by atoms with E-state index in [9.17, 15) is 15.0 Å². The second-order valence-corrected chi connectivity index (χ2v) is 6.82. The second-order valence-electron chi connectivity index (χ2n) is 6.82. The molecule has 0 aromatic heterocycles. The van der Waals surface area contributed by atoms with Gasteiger partial charge >= 0.3 is 6.09 Å². The first-order chi connectivity index (χ1) is 13.4. The molecule has 0 fully saturated rings. The zero-order valence-electron chi connectivity index (χ0n) is 15.2. The van der Waals surface area contributed by atoms with E-state index in [1.807, 2.05) is 42.5 Å². The van der Waals surface area contributed by atoms with E-state index in [2.05, 4.69) is 0 Å². The third kappa shape index (κ3) is 2.68. The fourth-order valence-corrected chi connectivity index (χ4v) is 3.93. The third-order valence-electron chi connectivity index (χ3n) is 5.09. The van der Waals surface area contributed by atoms with Crippen LogP contribution in [0.1, 0.15) is 18.1 Å². The lowest BCUT2D eigenvalue weighted by molar-refractivity contribution is 0.0600. The van der Waals surface area contributed by atoms with Gasteiger partial charge in [-0.15, -0.1) is 0 Å². The Kier molecular flexibility index (Phi) is 4.08. The maximum absolute atomic E-state index is 11.9. The number of phenols is 2. The van der Waals surface area contributed by atoms with Gasteiger partial charge in [-0.25, -0.2) is 4.79 Å². The van der Waals surface area contributed by atoms with Crippen LogP contribution in [0.15, 0.2) is 72.8 Å². The van der Waals surface area contributed by atoms with Gasteiger partial charge in [-0.3, -0.25) is 0 Å². The Balaban J connectivity index is 2.13. The largest absolute Gasteiger partial charge is 0.507 e. The Hall–Kier alpha value is -3.73. The number of nitrogens with two attached hydrogens (primary N) is 1. The Morgan fingerprint density at radius 3 is 2.18 bits per heavy atom. The molecule has 140 valence electrons. The van der Waals surface area contributed by atoms with E-state index in [-0.39, 0.29) is 11.5 Å². The molecule has 0 spiro atoms. The number of rotatable bonds is 3. The number of primary amides is 1. The average molecular weight is 373 g/mol. The number of aromatic hydroxyl groups is 2. The Bertz CT molecular complexity index is 1210. The van der Waals surface area contributed by atoms with Gasteiger partial charge in [-0.05, 0) is 23.1 Å². The fraction of sp³-hybridized carbons (Fsp3) is 0.0870. The number of ether oxygens (including phenoxy) is 1. The van der Waals surface area contributed by atoms with Crippen molar-refractivity contribution in [3.8, 4) is 11.5 Å². The summed E-state index contributed by atoms with van der Waals surface area (Å²) in [5, 5.41) is 24.0. The molecule has 0 aliphatic carbocycles. The zero-order chi connectivity index (χ0) is 19.9. The van der Waals surface area contributed by atoms with E-state index in [0.29, 0.717) is 21.9 Å². The second kappa shape index (κ2) is 6.46. The van der Waals surface area contributed by atoms with Crippen LogP contribution in [0.2, 0.25) is 0 Å². The standard InChI is InChI=1S/C23H19NO4/c1-23(28-22(24)27,18-12-6-8-14-7-2-3-9-15(14)18)21-17-11-5-4-10-16(17)19(25)13-20(21)26/h2-13,25-26H,1H3,(H2,24,27). The normalized spacial score (nSPS) is 13.3. The highest BCUT2D eigenvalue weighted by atomic mass is 16.6. The Labute approximate surface area is 161 Å². The molecule has 0 heterocycles. The fourth-order valence-electron chi connectivity index (χ4n) is 3.93. The van der Waals surface area contributed by atoms with Gasteiger partial charge in [-0.1, -0.05) is 66.7 Å². The van der Waals surface area contributed by atoms with E-state index in [0.717, 1.165) is 10.8 Å². The van der Waals surface area contributed by atoms with Gasteiger partial charge in [0.1, 0.15) is 11.5 Å². The predicted molar refractivity (Wildman–Crippen MR) is 108 cm³/mol. The summed E-state index contributed by atoms with van der Waals surface area (Å²) in [6.07, 6.45) is -0.966. The summed E-state index contributed by atoms with van der Waals surface area (Å²) in [6.45, 7) is 1.69. The van der Waals surface area contributed by atoms with Crippen molar-refractivity contribution < 1.29 is 19.7 Å². The summed E-state index contributed by atoms with van der Waals surface area (Å²) < 4.78 is 5.64. The molecular weight excluding hydrogens is 354 g/mol. The van der Waals surface area contributed by atoms with Crippen LogP contribution >= 0.6 is 0 Å². The van der Waals surface area contributed by atoms with Crippen LogP contribution in [0.5, 0.6) is 11.5 Å². The molecule has 4 rings (SSSR count). The molecule has 0 bridgehead atoms. The average Bonchev–Trinajstić information content (AvgIpc) is 2.67. The summed E-state index contributed by atoms with van der Waals surface area (Å²) in [7, 11) is 0. The highest BCUT2D eigenvalue weighted by Crippen LogP contribution is 2.46. The lowest BCUT2D eigenvalue weighted by atomic mass is 9.81. The minimum Gasteiger partial charge on any atom is -0.507 e. The van der Waals surface area contributed by atoms with Gasteiger partial charge in [0.25, 0.3) is 0 Å². The molecule has 0 saturated heterocycles. The number of fused-ring (bicyclic) bond motifs is 2. The van der Waals surface area contributed by atoms with E-state index < -0.39 is 11.7 Å². The van der Waals surface area contributed by atoms with Crippen LogP contribution < -0.4 is 5.73 Å². The van der Waals surface area contributed by atoms with Crippen molar-refractivity contribution in [2.45, 2.75) is 12.5 Å². The summed E-state index contributed by atoms with van der Waals surface area (Å²) in [5.74, 6) is -0.246. The number of hydrogen-bond acceptors (Lipinski definition) is 4. The van der Waals surface area contributed by atoms with Gasteiger partial charge in [0.2, 0.25) is 0 Å². The molecule has 4 N–H and O–H groups in total. The van der Waals surface area contributed by atoms with Gasteiger partial charge in [0.05, 0.1) is 0 Å². The summed E-state index contributed by atoms with van der Waals surface area (Å²) >= 11 is 0. The minimum absolute atomic E-state index is 0.0591. The first kappa shape index (κ1) is 17.7. The molecule has 0 saturated carbocycles. The highest BCUT2D eigenvalue weighted by Gasteiger charge is 2.38. The molecular formula is C23H19NO4. The molecule has 4 aromatic carbocycles. The first-order valence-corrected chi connectivity index (χ1v) is 8.82. The Morgan fingerprint density at radius 2 is 1.46 bits per heavy atom. The quantitative estimate of drug-likeness (QED) is 0.482. The van der Waals surface area contributed by atoms with Crippen LogP contribution in [-0.4, -0.2) is 16.3 Å². The number of hydrogen-bond donors (Lipinski definition) is 3. The SMILES string of the molecule is CC(OC(N)=O)(c1cccc2ccccc12)c1c(O)cc(O)c2ccccc12. The summed E-state index contributed by atoms with van der Waals surface area (Å²) in [6, 6.07) is 21.7. The number of carbonyl (C=O) groups excluding carboxylic acids is 1.